The summed E-state index contributed by atoms with van der Waals surface area (Å²) >= 11 is 2.31. The van der Waals surface area contributed by atoms with Crippen LogP contribution in [0.3, 0.4) is 0 Å². The van der Waals surface area contributed by atoms with E-state index in [1.165, 1.54) is 0 Å². The third-order valence-electron chi connectivity index (χ3n) is 1.96. The first-order valence-electron chi connectivity index (χ1n) is 4.50. The van der Waals surface area contributed by atoms with Crippen LogP contribution in [0, 0.1) is 0 Å². The number of thioether (sulfide) groups is 2. The standard InChI is InChI=1S/C9H11F3OS2/c1-6(9(10,11)12)8(13)15-7-4-2-3-5-14-7/h7H,1-5H2. The summed E-state index contributed by atoms with van der Waals surface area (Å²) in [6.07, 6.45) is -1.73. The van der Waals surface area contributed by atoms with E-state index in [2.05, 4.69) is 6.58 Å². The summed E-state index contributed by atoms with van der Waals surface area (Å²) in [5, 5.41) is -0.943. The second kappa shape index (κ2) is 5.30. The molecule has 0 aromatic carbocycles. The molecule has 1 aliphatic heterocycles. The normalized spacial score (nSPS) is 22.5. The smallest absolute Gasteiger partial charge is 0.282 e. The Morgan fingerprint density at radius 2 is 2.07 bits per heavy atom. The second-order valence-electron chi connectivity index (χ2n) is 3.18. The fraction of sp³-hybridized carbons (Fsp3) is 0.667. The first-order valence-corrected chi connectivity index (χ1v) is 6.43. The quantitative estimate of drug-likeness (QED) is 0.703. The maximum atomic E-state index is 12.1. The Morgan fingerprint density at radius 3 is 2.53 bits per heavy atom. The van der Waals surface area contributed by atoms with Crippen LogP contribution in [0.25, 0.3) is 0 Å². The van der Waals surface area contributed by atoms with E-state index in [1.807, 2.05) is 0 Å². The topological polar surface area (TPSA) is 17.1 Å². The number of carbonyl (C=O) groups excluding carboxylic acids is 1. The van der Waals surface area contributed by atoms with Gasteiger partial charge in [-0.1, -0.05) is 24.8 Å². The maximum absolute atomic E-state index is 12.1. The van der Waals surface area contributed by atoms with Crippen molar-refractivity contribution in [2.24, 2.45) is 0 Å². The lowest BCUT2D eigenvalue weighted by atomic mass is 10.3. The number of carbonyl (C=O) groups is 1. The van der Waals surface area contributed by atoms with Crippen molar-refractivity contribution in [2.75, 3.05) is 5.75 Å². The summed E-state index contributed by atoms with van der Waals surface area (Å²) in [5.74, 6) is 0.920. The lowest BCUT2D eigenvalue weighted by Crippen LogP contribution is -2.19. The molecule has 1 aliphatic rings. The molecular formula is C9H11F3OS2. The average molecular weight is 256 g/mol. The van der Waals surface area contributed by atoms with E-state index < -0.39 is 16.9 Å². The molecule has 0 radical (unpaired) electrons. The Bertz CT molecular complexity index is 257. The summed E-state index contributed by atoms with van der Waals surface area (Å²) in [6, 6.07) is 0. The highest BCUT2D eigenvalue weighted by atomic mass is 32.2. The molecule has 1 atom stereocenters. The van der Waals surface area contributed by atoms with E-state index >= 15 is 0 Å². The van der Waals surface area contributed by atoms with Crippen LogP contribution in [0.4, 0.5) is 13.2 Å². The van der Waals surface area contributed by atoms with Gasteiger partial charge < -0.3 is 0 Å². The van der Waals surface area contributed by atoms with Crippen LogP contribution in [0.2, 0.25) is 0 Å². The molecule has 1 nitrogen and oxygen atoms in total. The molecule has 0 spiro atoms. The molecule has 1 rings (SSSR count). The fourth-order valence-electron chi connectivity index (χ4n) is 1.11. The monoisotopic (exact) mass is 256 g/mol. The van der Waals surface area contributed by atoms with Crippen LogP contribution in [-0.4, -0.2) is 21.6 Å². The molecule has 0 amide bonds. The first-order chi connectivity index (χ1) is 6.91. The molecule has 0 aliphatic carbocycles. The van der Waals surface area contributed by atoms with Crippen molar-refractivity contribution in [3.8, 4) is 0 Å². The van der Waals surface area contributed by atoms with E-state index in [1.54, 1.807) is 11.8 Å². The molecule has 1 fully saturated rings. The summed E-state index contributed by atoms with van der Waals surface area (Å²) in [4.78, 5) is 11.2. The van der Waals surface area contributed by atoms with Gasteiger partial charge in [0, 0.05) is 0 Å². The molecule has 1 unspecified atom stereocenters. The molecule has 86 valence electrons. The number of alkyl halides is 3. The van der Waals surface area contributed by atoms with E-state index in [0.717, 1.165) is 36.8 Å². The molecule has 0 bridgehead atoms. The molecule has 1 saturated heterocycles. The SMILES string of the molecule is C=C(C(=O)SC1CCCCS1)C(F)(F)F. The van der Waals surface area contributed by atoms with E-state index in [0.29, 0.717) is 0 Å². The van der Waals surface area contributed by atoms with Gasteiger partial charge in [0.25, 0.3) is 0 Å². The minimum Gasteiger partial charge on any atom is -0.282 e. The predicted molar refractivity (Wildman–Crippen MR) is 57.9 cm³/mol. The number of hydrogen-bond acceptors (Lipinski definition) is 3. The largest absolute Gasteiger partial charge is 0.420 e. The van der Waals surface area contributed by atoms with Gasteiger partial charge in [-0.25, -0.2) is 0 Å². The predicted octanol–water partition coefficient (Wildman–Crippen LogP) is 3.61. The summed E-state index contributed by atoms with van der Waals surface area (Å²) in [5.41, 5.74) is -1.25. The molecule has 0 saturated carbocycles. The van der Waals surface area contributed by atoms with E-state index in [4.69, 9.17) is 0 Å². The van der Waals surface area contributed by atoms with Crippen molar-refractivity contribution in [2.45, 2.75) is 30.0 Å². The highest BCUT2D eigenvalue weighted by Gasteiger charge is 2.37. The minimum absolute atomic E-state index is 0.0367. The Morgan fingerprint density at radius 1 is 1.40 bits per heavy atom. The van der Waals surface area contributed by atoms with Gasteiger partial charge >= 0.3 is 6.18 Å². The summed E-state index contributed by atoms with van der Waals surface area (Å²) in [7, 11) is 0. The lowest BCUT2D eigenvalue weighted by molar-refractivity contribution is -0.121. The van der Waals surface area contributed by atoms with Crippen molar-refractivity contribution in [1.82, 2.24) is 0 Å². The Balaban J connectivity index is 2.44. The molecule has 6 heteroatoms. The van der Waals surface area contributed by atoms with Gasteiger partial charge in [-0.3, -0.25) is 4.79 Å². The van der Waals surface area contributed by atoms with Crippen molar-refractivity contribution in [1.29, 1.82) is 0 Å². The van der Waals surface area contributed by atoms with E-state index in [-0.39, 0.29) is 4.58 Å². The number of rotatable bonds is 2. The zero-order valence-electron chi connectivity index (χ0n) is 7.97. The lowest BCUT2D eigenvalue weighted by Gasteiger charge is -2.20. The Labute approximate surface area is 94.9 Å². The fourth-order valence-corrected chi connectivity index (χ4v) is 3.68. The van der Waals surface area contributed by atoms with E-state index in [9.17, 15) is 18.0 Å². The summed E-state index contributed by atoms with van der Waals surface area (Å²) in [6.45, 7) is 2.79. The van der Waals surface area contributed by atoms with Gasteiger partial charge in [-0.05, 0) is 18.6 Å². The van der Waals surface area contributed by atoms with Crippen LogP contribution in [0.15, 0.2) is 12.2 Å². The molecule has 0 aromatic rings. The molecule has 0 N–H and O–H groups in total. The van der Waals surface area contributed by atoms with Gasteiger partial charge in [-0.15, -0.1) is 11.8 Å². The molecular weight excluding hydrogens is 245 g/mol. The van der Waals surface area contributed by atoms with Crippen LogP contribution >= 0.6 is 23.5 Å². The van der Waals surface area contributed by atoms with Gasteiger partial charge in [0.15, 0.2) is 0 Å². The van der Waals surface area contributed by atoms with Crippen molar-refractivity contribution in [3.63, 3.8) is 0 Å². The van der Waals surface area contributed by atoms with Crippen LogP contribution in [0.1, 0.15) is 19.3 Å². The minimum atomic E-state index is -4.59. The third-order valence-corrected chi connectivity index (χ3v) is 4.75. The van der Waals surface area contributed by atoms with Gasteiger partial charge in [0.2, 0.25) is 5.12 Å². The van der Waals surface area contributed by atoms with Gasteiger partial charge in [-0.2, -0.15) is 13.2 Å². The number of halogens is 3. The maximum Gasteiger partial charge on any atom is 0.420 e. The summed E-state index contributed by atoms with van der Waals surface area (Å²) < 4.78 is 36.3. The van der Waals surface area contributed by atoms with Gasteiger partial charge in [0.05, 0.1) is 4.58 Å². The van der Waals surface area contributed by atoms with Gasteiger partial charge in [0.1, 0.15) is 5.57 Å². The molecule has 0 aromatic heterocycles. The highest BCUT2D eigenvalue weighted by Crippen LogP contribution is 2.37. The number of hydrogen-bond donors (Lipinski definition) is 0. The van der Waals surface area contributed by atoms with Crippen LogP contribution in [0.5, 0.6) is 0 Å². The van der Waals surface area contributed by atoms with Crippen molar-refractivity contribution < 1.29 is 18.0 Å². The highest BCUT2D eigenvalue weighted by molar-refractivity contribution is 8.25. The van der Waals surface area contributed by atoms with Crippen molar-refractivity contribution >= 4 is 28.6 Å². The average Bonchev–Trinajstić information content (AvgIpc) is 2.16. The van der Waals surface area contributed by atoms with Crippen LogP contribution < -0.4 is 0 Å². The molecule has 1 heterocycles. The second-order valence-corrected chi connectivity index (χ2v) is 5.96. The molecule has 15 heavy (non-hydrogen) atoms. The van der Waals surface area contributed by atoms with Crippen LogP contribution in [-0.2, 0) is 4.79 Å². The zero-order valence-corrected chi connectivity index (χ0v) is 9.60. The first kappa shape index (κ1) is 13.0. The third kappa shape index (κ3) is 4.10. The Kier molecular flexibility index (Phi) is 4.58. The Hall–Kier alpha value is -0.100. The van der Waals surface area contributed by atoms with Crippen molar-refractivity contribution in [3.05, 3.63) is 12.2 Å². The zero-order chi connectivity index (χ0) is 11.5.